The molecule has 0 saturated heterocycles. The van der Waals surface area contributed by atoms with Crippen LogP contribution in [0.25, 0.3) is 11.4 Å². The molecule has 7 heteroatoms. The van der Waals surface area contributed by atoms with Crippen LogP contribution in [0.2, 0.25) is 0 Å². The number of carboxylic acid groups (broad SMARTS) is 1. The van der Waals surface area contributed by atoms with E-state index < -0.39 is 12.0 Å². The molecular weight excluding hydrogens is 264 g/mol. The first-order valence-electron chi connectivity index (χ1n) is 5.39. The summed E-state index contributed by atoms with van der Waals surface area (Å²) in [6, 6.07) is 4.40. The number of nitrogens with two attached hydrogens (primary N) is 1. The van der Waals surface area contributed by atoms with Crippen LogP contribution >= 0.6 is 11.3 Å². The average molecular weight is 274 g/mol. The molecule has 0 amide bonds. The molecule has 0 fully saturated rings. The summed E-state index contributed by atoms with van der Waals surface area (Å²) in [5.41, 5.74) is 7.23. The second-order valence-electron chi connectivity index (χ2n) is 3.82. The highest BCUT2D eigenvalue weighted by atomic mass is 32.1. The molecule has 2 aromatic heterocycles. The Bertz CT molecular complexity index is 630. The SMILES string of the molecule is N#Cc1ccc(-c2csc(C[C@H](N)C(=O)O)n2)nc1. The van der Waals surface area contributed by atoms with Crippen LogP contribution in [0.1, 0.15) is 10.6 Å². The summed E-state index contributed by atoms with van der Waals surface area (Å²) in [4.78, 5) is 19.1. The van der Waals surface area contributed by atoms with Crippen LogP contribution in [0.15, 0.2) is 23.7 Å². The Kier molecular flexibility index (Phi) is 3.85. The van der Waals surface area contributed by atoms with E-state index in [2.05, 4.69) is 9.97 Å². The number of pyridine rings is 1. The molecule has 2 heterocycles. The molecule has 0 aromatic carbocycles. The maximum absolute atomic E-state index is 10.7. The highest BCUT2D eigenvalue weighted by Crippen LogP contribution is 2.20. The van der Waals surface area contributed by atoms with Gasteiger partial charge in [-0.15, -0.1) is 11.3 Å². The number of aromatic nitrogens is 2. The maximum Gasteiger partial charge on any atom is 0.320 e. The number of hydrogen-bond acceptors (Lipinski definition) is 6. The largest absolute Gasteiger partial charge is 0.480 e. The van der Waals surface area contributed by atoms with Crippen molar-refractivity contribution in [1.29, 1.82) is 5.26 Å². The summed E-state index contributed by atoms with van der Waals surface area (Å²) in [5, 5.41) is 19.9. The van der Waals surface area contributed by atoms with Crippen molar-refractivity contribution < 1.29 is 9.90 Å². The third-order valence-electron chi connectivity index (χ3n) is 2.42. The van der Waals surface area contributed by atoms with Crippen LogP contribution < -0.4 is 5.73 Å². The van der Waals surface area contributed by atoms with Crippen molar-refractivity contribution in [2.45, 2.75) is 12.5 Å². The zero-order chi connectivity index (χ0) is 13.8. The molecule has 1 atom stereocenters. The third kappa shape index (κ3) is 3.13. The van der Waals surface area contributed by atoms with Gasteiger partial charge in [0.15, 0.2) is 0 Å². The Balaban J connectivity index is 2.16. The zero-order valence-electron chi connectivity index (χ0n) is 9.78. The van der Waals surface area contributed by atoms with E-state index in [-0.39, 0.29) is 6.42 Å². The number of aliphatic carboxylic acids is 1. The summed E-state index contributed by atoms with van der Waals surface area (Å²) >= 11 is 1.34. The number of carboxylic acids is 1. The van der Waals surface area contributed by atoms with Crippen molar-refractivity contribution in [3.63, 3.8) is 0 Å². The van der Waals surface area contributed by atoms with Crippen molar-refractivity contribution in [2.24, 2.45) is 5.73 Å². The lowest BCUT2D eigenvalue weighted by Crippen LogP contribution is -2.32. The lowest BCUT2D eigenvalue weighted by molar-refractivity contribution is -0.138. The van der Waals surface area contributed by atoms with Crippen molar-refractivity contribution >= 4 is 17.3 Å². The fourth-order valence-electron chi connectivity index (χ4n) is 1.41. The topological polar surface area (TPSA) is 113 Å². The summed E-state index contributed by atoms with van der Waals surface area (Å²) in [6.07, 6.45) is 1.66. The number of nitrogens with zero attached hydrogens (tertiary/aromatic N) is 3. The molecule has 19 heavy (non-hydrogen) atoms. The molecule has 0 radical (unpaired) electrons. The van der Waals surface area contributed by atoms with Crippen molar-refractivity contribution in [3.05, 3.63) is 34.3 Å². The Hall–Kier alpha value is -2.30. The minimum absolute atomic E-state index is 0.191. The van der Waals surface area contributed by atoms with Crippen LogP contribution in [-0.2, 0) is 11.2 Å². The predicted octanol–water partition coefficient (Wildman–Crippen LogP) is 1.03. The van der Waals surface area contributed by atoms with Gasteiger partial charge >= 0.3 is 5.97 Å². The van der Waals surface area contributed by atoms with Gasteiger partial charge in [-0.05, 0) is 12.1 Å². The lowest BCUT2D eigenvalue weighted by atomic mass is 10.2. The summed E-state index contributed by atoms with van der Waals surface area (Å²) in [5.74, 6) is -1.05. The number of thiazole rings is 1. The Morgan fingerprint density at radius 1 is 1.53 bits per heavy atom. The van der Waals surface area contributed by atoms with E-state index in [1.165, 1.54) is 17.5 Å². The number of rotatable bonds is 4. The predicted molar refractivity (Wildman–Crippen MR) is 69.4 cm³/mol. The first kappa shape index (κ1) is 13.1. The Morgan fingerprint density at radius 2 is 2.32 bits per heavy atom. The molecule has 0 bridgehead atoms. The van der Waals surface area contributed by atoms with Gasteiger partial charge in [0.2, 0.25) is 0 Å². The number of hydrogen-bond donors (Lipinski definition) is 2. The van der Waals surface area contributed by atoms with E-state index in [0.29, 0.717) is 22.0 Å². The molecule has 0 aliphatic rings. The molecule has 96 valence electrons. The van der Waals surface area contributed by atoms with Gasteiger partial charge in [-0.1, -0.05) is 0 Å². The average Bonchev–Trinajstić information content (AvgIpc) is 2.87. The van der Waals surface area contributed by atoms with E-state index in [1.807, 2.05) is 6.07 Å². The van der Waals surface area contributed by atoms with Crippen LogP contribution in [0.4, 0.5) is 0 Å². The molecule has 2 rings (SSSR count). The fourth-order valence-corrected chi connectivity index (χ4v) is 2.26. The van der Waals surface area contributed by atoms with E-state index in [4.69, 9.17) is 16.1 Å². The van der Waals surface area contributed by atoms with E-state index in [1.54, 1.807) is 17.5 Å². The van der Waals surface area contributed by atoms with Gasteiger partial charge in [0.05, 0.1) is 22.0 Å². The van der Waals surface area contributed by atoms with Crippen molar-refractivity contribution in [3.8, 4) is 17.5 Å². The second kappa shape index (κ2) is 5.56. The minimum atomic E-state index is -1.05. The van der Waals surface area contributed by atoms with Gasteiger partial charge in [-0.25, -0.2) is 4.98 Å². The van der Waals surface area contributed by atoms with Crippen LogP contribution in [0.3, 0.4) is 0 Å². The van der Waals surface area contributed by atoms with Gasteiger partial charge in [-0.3, -0.25) is 9.78 Å². The van der Waals surface area contributed by atoms with Gasteiger partial charge in [0.1, 0.15) is 12.1 Å². The molecular formula is C12H10N4O2S. The molecule has 0 aliphatic carbocycles. The summed E-state index contributed by atoms with van der Waals surface area (Å²) < 4.78 is 0. The van der Waals surface area contributed by atoms with Crippen molar-refractivity contribution in [2.75, 3.05) is 0 Å². The first-order chi connectivity index (χ1) is 9.10. The minimum Gasteiger partial charge on any atom is -0.480 e. The normalized spacial score (nSPS) is 11.8. The second-order valence-corrected chi connectivity index (χ2v) is 4.76. The highest BCUT2D eigenvalue weighted by molar-refractivity contribution is 7.09. The van der Waals surface area contributed by atoms with Crippen molar-refractivity contribution in [1.82, 2.24) is 9.97 Å². The molecule has 2 aromatic rings. The summed E-state index contributed by atoms with van der Waals surface area (Å²) in [6.45, 7) is 0. The molecule has 0 aliphatic heterocycles. The van der Waals surface area contributed by atoms with Gasteiger partial charge in [0, 0.05) is 18.0 Å². The third-order valence-corrected chi connectivity index (χ3v) is 3.29. The number of nitriles is 1. The smallest absolute Gasteiger partial charge is 0.320 e. The van der Waals surface area contributed by atoms with Gasteiger partial charge < -0.3 is 10.8 Å². The number of carbonyl (C=O) groups is 1. The lowest BCUT2D eigenvalue weighted by Gasteiger charge is -2.01. The van der Waals surface area contributed by atoms with Gasteiger partial charge in [-0.2, -0.15) is 5.26 Å². The summed E-state index contributed by atoms with van der Waals surface area (Å²) in [7, 11) is 0. The quantitative estimate of drug-likeness (QED) is 0.861. The van der Waals surface area contributed by atoms with E-state index in [0.717, 1.165) is 0 Å². The maximum atomic E-state index is 10.7. The van der Waals surface area contributed by atoms with Gasteiger partial charge in [0.25, 0.3) is 0 Å². The van der Waals surface area contributed by atoms with E-state index in [9.17, 15) is 4.79 Å². The molecule has 0 saturated carbocycles. The standard InChI is InChI=1S/C12H10N4O2S/c13-4-7-1-2-9(15-5-7)10-6-19-11(16-10)3-8(14)12(17)18/h1-2,5-6,8H,3,14H2,(H,17,18)/t8-/m0/s1. The van der Waals surface area contributed by atoms with Crippen LogP contribution in [-0.4, -0.2) is 27.1 Å². The Morgan fingerprint density at radius 3 is 2.89 bits per heavy atom. The molecule has 0 spiro atoms. The Labute approximate surface area is 113 Å². The fraction of sp³-hybridized carbons (Fsp3) is 0.167. The molecule has 6 nitrogen and oxygen atoms in total. The van der Waals surface area contributed by atoms with E-state index >= 15 is 0 Å². The van der Waals surface area contributed by atoms with Crippen LogP contribution in [0, 0.1) is 11.3 Å². The highest BCUT2D eigenvalue weighted by Gasteiger charge is 2.15. The monoisotopic (exact) mass is 274 g/mol. The zero-order valence-corrected chi connectivity index (χ0v) is 10.6. The first-order valence-corrected chi connectivity index (χ1v) is 6.27. The molecule has 3 N–H and O–H groups in total. The molecule has 0 unspecified atom stereocenters. The van der Waals surface area contributed by atoms with Crippen LogP contribution in [0.5, 0.6) is 0 Å².